The molecule has 0 aliphatic heterocycles. The number of benzene rings is 2. The normalized spacial score (nSPS) is 10.8. The van der Waals surface area contributed by atoms with Gasteiger partial charge in [0.2, 0.25) is 0 Å². The van der Waals surface area contributed by atoms with Crippen molar-refractivity contribution >= 4 is 27.6 Å². The summed E-state index contributed by atoms with van der Waals surface area (Å²) in [5.41, 5.74) is 1.03. The number of carbonyl (C=O) groups is 1. The average molecular weight is 253 g/mol. The van der Waals surface area contributed by atoms with E-state index in [-0.39, 0.29) is 5.56 Å². The number of aromatic nitrogens is 1. The van der Waals surface area contributed by atoms with Crippen molar-refractivity contribution in [3.63, 3.8) is 0 Å². The van der Waals surface area contributed by atoms with Gasteiger partial charge in [0.15, 0.2) is 0 Å². The van der Waals surface area contributed by atoms with Gasteiger partial charge in [-0.15, -0.1) is 0 Å². The molecule has 0 spiro atoms. The lowest BCUT2D eigenvalue weighted by Gasteiger charge is -2.05. The zero-order valence-corrected chi connectivity index (χ0v) is 10.3. The molecule has 4 heteroatoms. The minimum atomic E-state index is -0.411. The Labute approximate surface area is 108 Å². The lowest BCUT2D eigenvalue weighted by Crippen LogP contribution is -2.08. The maximum absolute atomic E-state index is 12.0. The molecule has 94 valence electrons. The number of ether oxygens (including phenoxy) is 1. The molecule has 0 bridgehead atoms. The highest BCUT2D eigenvalue weighted by Gasteiger charge is 2.09. The Balaban J connectivity index is 2.46. The van der Waals surface area contributed by atoms with Gasteiger partial charge in [0, 0.05) is 16.3 Å². The van der Waals surface area contributed by atoms with Crippen molar-refractivity contribution in [2.24, 2.45) is 0 Å². The van der Waals surface area contributed by atoms with Crippen molar-refractivity contribution in [2.45, 2.75) is 0 Å². The summed E-state index contributed by atoms with van der Waals surface area (Å²) >= 11 is 0. The average Bonchev–Trinajstić information content (AvgIpc) is 2.46. The number of para-hydroxylation sites is 1. The molecule has 19 heavy (non-hydrogen) atoms. The Morgan fingerprint density at radius 3 is 2.63 bits per heavy atom. The highest BCUT2D eigenvalue weighted by molar-refractivity contribution is 6.07. The summed E-state index contributed by atoms with van der Waals surface area (Å²) in [6, 6.07) is 12.4. The third-order valence-electron chi connectivity index (χ3n) is 3.15. The Bertz CT molecular complexity index is 849. The van der Waals surface area contributed by atoms with Gasteiger partial charge in [0.05, 0.1) is 12.7 Å². The van der Waals surface area contributed by atoms with Crippen LogP contribution in [0.25, 0.3) is 21.7 Å². The molecule has 1 N–H and O–H groups in total. The van der Waals surface area contributed by atoms with Gasteiger partial charge >= 0.3 is 5.97 Å². The van der Waals surface area contributed by atoms with Crippen molar-refractivity contribution < 1.29 is 9.53 Å². The van der Waals surface area contributed by atoms with E-state index in [2.05, 4.69) is 4.98 Å². The standard InChI is InChI=1S/C15H11NO3/c1-19-15(18)9-6-7-11-12(8-9)10-4-2-3-5-13(10)16-14(11)17/h2-8H,1H3,(H,16,17). The molecular weight excluding hydrogens is 242 g/mol. The fraction of sp³-hybridized carbons (Fsp3) is 0.0667. The van der Waals surface area contributed by atoms with E-state index in [1.165, 1.54) is 7.11 Å². The van der Waals surface area contributed by atoms with Gasteiger partial charge in [-0.1, -0.05) is 18.2 Å². The predicted molar refractivity (Wildman–Crippen MR) is 73.4 cm³/mol. The van der Waals surface area contributed by atoms with Crippen LogP contribution in [-0.4, -0.2) is 18.1 Å². The third kappa shape index (κ3) is 1.78. The van der Waals surface area contributed by atoms with E-state index in [0.29, 0.717) is 10.9 Å². The molecule has 0 aliphatic rings. The molecule has 0 saturated heterocycles. The summed E-state index contributed by atoms with van der Waals surface area (Å²) in [6.45, 7) is 0. The molecule has 0 fully saturated rings. The molecule has 1 heterocycles. The van der Waals surface area contributed by atoms with E-state index in [4.69, 9.17) is 4.74 Å². The second kappa shape index (κ2) is 4.24. The van der Waals surface area contributed by atoms with E-state index in [0.717, 1.165) is 16.3 Å². The zero-order chi connectivity index (χ0) is 13.4. The van der Waals surface area contributed by atoms with Crippen molar-refractivity contribution in [3.8, 4) is 0 Å². The van der Waals surface area contributed by atoms with Crippen LogP contribution in [0.4, 0.5) is 0 Å². The number of methoxy groups -OCH3 is 1. The van der Waals surface area contributed by atoms with Gasteiger partial charge in [-0.2, -0.15) is 0 Å². The number of hydrogen-bond acceptors (Lipinski definition) is 3. The zero-order valence-electron chi connectivity index (χ0n) is 10.3. The molecule has 0 saturated carbocycles. The Hall–Kier alpha value is -2.62. The molecule has 4 nitrogen and oxygen atoms in total. The van der Waals surface area contributed by atoms with Crippen molar-refractivity contribution in [2.75, 3.05) is 7.11 Å². The van der Waals surface area contributed by atoms with Crippen LogP contribution in [0.3, 0.4) is 0 Å². The van der Waals surface area contributed by atoms with Crippen LogP contribution in [0.5, 0.6) is 0 Å². The molecule has 3 aromatic rings. The summed E-state index contributed by atoms with van der Waals surface area (Å²) < 4.78 is 4.70. The Morgan fingerprint density at radius 2 is 1.84 bits per heavy atom. The van der Waals surface area contributed by atoms with E-state index in [9.17, 15) is 9.59 Å². The van der Waals surface area contributed by atoms with E-state index < -0.39 is 5.97 Å². The largest absolute Gasteiger partial charge is 0.465 e. The fourth-order valence-electron chi connectivity index (χ4n) is 2.23. The third-order valence-corrected chi connectivity index (χ3v) is 3.15. The number of hydrogen-bond donors (Lipinski definition) is 1. The van der Waals surface area contributed by atoms with Crippen LogP contribution in [-0.2, 0) is 4.74 Å². The minimum absolute atomic E-state index is 0.162. The number of esters is 1. The van der Waals surface area contributed by atoms with Gasteiger partial charge in [-0.05, 0) is 29.7 Å². The highest BCUT2D eigenvalue weighted by Crippen LogP contribution is 2.22. The number of pyridine rings is 1. The number of H-pyrrole nitrogens is 1. The molecule has 0 aliphatic carbocycles. The topological polar surface area (TPSA) is 59.2 Å². The summed E-state index contributed by atoms with van der Waals surface area (Å²) in [6.07, 6.45) is 0. The van der Waals surface area contributed by atoms with Gasteiger partial charge in [0.1, 0.15) is 0 Å². The first-order valence-corrected chi connectivity index (χ1v) is 5.84. The summed E-state index contributed by atoms with van der Waals surface area (Å²) in [7, 11) is 1.34. The molecular formula is C15H11NO3. The molecule has 3 rings (SSSR count). The van der Waals surface area contributed by atoms with Crippen LogP contribution >= 0.6 is 0 Å². The second-order valence-electron chi connectivity index (χ2n) is 4.25. The van der Waals surface area contributed by atoms with Gasteiger partial charge < -0.3 is 9.72 Å². The molecule has 1 aromatic heterocycles. The van der Waals surface area contributed by atoms with Gasteiger partial charge in [-0.25, -0.2) is 4.79 Å². The number of aromatic amines is 1. The molecule has 0 unspecified atom stereocenters. The molecule has 0 amide bonds. The number of carbonyl (C=O) groups excluding carboxylic acids is 1. The second-order valence-corrected chi connectivity index (χ2v) is 4.25. The molecule has 2 aromatic carbocycles. The minimum Gasteiger partial charge on any atom is -0.465 e. The van der Waals surface area contributed by atoms with Crippen LogP contribution in [0, 0.1) is 0 Å². The van der Waals surface area contributed by atoms with Crippen LogP contribution < -0.4 is 5.56 Å². The monoisotopic (exact) mass is 253 g/mol. The number of nitrogens with one attached hydrogen (secondary N) is 1. The number of rotatable bonds is 1. The van der Waals surface area contributed by atoms with Crippen molar-refractivity contribution in [1.82, 2.24) is 4.98 Å². The molecule has 0 radical (unpaired) electrons. The quantitative estimate of drug-likeness (QED) is 0.535. The van der Waals surface area contributed by atoms with Gasteiger partial charge in [0.25, 0.3) is 5.56 Å². The lowest BCUT2D eigenvalue weighted by atomic mass is 10.0. The summed E-state index contributed by atoms with van der Waals surface area (Å²) in [5.74, 6) is -0.411. The van der Waals surface area contributed by atoms with Crippen molar-refractivity contribution in [1.29, 1.82) is 0 Å². The first kappa shape index (κ1) is 11.5. The highest BCUT2D eigenvalue weighted by atomic mass is 16.5. The van der Waals surface area contributed by atoms with Crippen LogP contribution in [0.2, 0.25) is 0 Å². The molecule has 0 atom stereocenters. The Morgan fingerprint density at radius 1 is 1.05 bits per heavy atom. The van der Waals surface area contributed by atoms with Crippen molar-refractivity contribution in [3.05, 3.63) is 58.4 Å². The first-order chi connectivity index (χ1) is 9.20. The SMILES string of the molecule is COC(=O)c1ccc2c(=O)[nH]c3ccccc3c2c1. The first-order valence-electron chi connectivity index (χ1n) is 5.84. The lowest BCUT2D eigenvalue weighted by molar-refractivity contribution is 0.0601. The maximum atomic E-state index is 12.0. The predicted octanol–water partition coefficient (Wildman–Crippen LogP) is 2.47. The summed E-state index contributed by atoms with van der Waals surface area (Å²) in [4.78, 5) is 26.4. The summed E-state index contributed by atoms with van der Waals surface area (Å²) in [5, 5.41) is 2.22. The van der Waals surface area contributed by atoms with Crippen LogP contribution in [0.15, 0.2) is 47.3 Å². The smallest absolute Gasteiger partial charge is 0.337 e. The van der Waals surface area contributed by atoms with E-state index in [1.54, 1.807) is 18.2 Å². The maximum Gasteiger partial charge on any atom is 0.337 e. The number of fused-ring (bicyclic) bond motifs is 3. The van der Waals surface area contributed by atoms with E-state index in [1.807, 2.05) is 24.3 Å². The van der Waals surface area contributed by atoms with Gasteiger partial charge in [-0.3, -0.25) is 4.79 Å². The van der Waals surface area contributed by atoms with Crippen LogP contribution in [0.1, 0.15) is 10.4 Å². The Kier molecular flexibility index (Phi) is 2.56. The fourth-order valence-corrected chi connectivity index (χ4v) is 2.23. The van der Waals surface area contributed by atoms with E-state index >= 15 is 0 Å².